The molecule has 1 heterocycles. The van der Waals surface area contributed by atoms with Crippen LogP contribution in [-0.4, -0.2) is 63.3 Å². The van der Waals surface area contributed by atoms with Gasteiger partial charge in [0.1, 0.15) is 5.82 Å². The number of carbonyl (C=O) groups is 2. The SMILES string of the molecule is COCCNC(=O)c1ccc(NC(=O)N2CCN(c3ccc(F)cc3)CC2)cc1. The van der Waals surface area contributed by atoms with E-state index in [0.717, 1.165) is 5.69 Å². The number of rotatable bonds is 6. The molecular weight excluding hydrogens is 375 g/mol. The second kappa shape index (κ2) is 9.88. The van der Waals surface area contributed by atoms with Crippen LogP contribution < -0.4 is 15.5 Å². The molecule has 1 aliphatic heterocycles. The van der Waals surface area contributed by atoms with Crippen LogP contribution in [0.15, 0.2) is 48.5 Å². The van der Waals surface area contributed by atoms with Gasteiger partial charge in [0, 0.05) is 56.8 Å². The molecule has 7 nitrogen and oxygen atoms in total. The van der Waals surface area contributed by atoms with Gasteiger partial charge in [0.2, 0.25) is 0 Å². The number of hydrogen-bond donors (Lipinski definition) is 2. The van der Waals surface area contributed by atoms with Gasteiger partial charge in [-0.1, -0.05) is 0 Å². The molecule has 8 heteroatoms. The Morgan fingerprint density at radius 2 is 1.66 bits per heavy atom. The number of amides is 3. The van der Waals surface area contributed by atoms with Crippen molar-refractivity contribution in [2.24, 2.45) is 0 Å². The van der Waals surface area contributed by atoms with Crippen LogP contribution in [0.3, 0.4) is 0 Å². The lowest BCUT2D eigenvalue weighted by atomic mass is 10.2. The van der Waals surface area contributed by atoms with Crippen molar-refractivity contribution in [2.75, 3.05) is 56.7 Å². The number of piperazine rings is 1. The van der Waals surface area contributed by atoms with Crippen LogP contribution in [0.4, 0.5) is 20.6 Å². The summed E-state index contributed by atoms with van der Waals surface area (Å²) in [5, 5.41) is 5.61. The minimum Gasteiger partial charge on any atom is -0.383 e. The minimum atomic E-state index is -0.259. The molecule has 154 valence electrons. The van der Waals surface area contributed by atoms with Crippen LogP contribution in [0.25, 0.3) is 0 Å². The highest BCUT2D eigenvalue weighted by atomic mass is 19.1. The summed E-state index contributed by atoms with van der Waals surface area (Å²) >= 11 is 0. The normalized spacial score (nSPS) is 13.9. The summed E-state index contributed by atoms with van der Waals surface area (Å²) in [6.07, 6.45) is 0. The number of halogens is 1. The van der Waals surface area contributed by atoms with Gasteiger partial charge in [0.15, 0.2) is 0 Å². The number of benzene rings is 2. The van der Waals surface area contributed by atoms with Crippen molar-refractivity contribution in [1.82, 2.24) is 10.2 Å². The van der Waals surface area contributed by atoms with Gasteiger partial charge in [-0.2, -0.15) is 0 Å². The third-order valence-electron chi connectivity index (χ3n) is 4.75. The van der Waals surface area contributed by atoms with E-state index < -0.39 is 0 Å². The summed E-state index contributed by atoms with van der Waals surface area (Å²) in [4.78, 5) is 28.3. The predicted octanol–water partition coefficient (Wildman–Crippen LogP) is 2.56. The van der Waals surface area contributed by atoms with Crippen molar-refractivity contribution in [1.29, 1.82) is 0 Å². The largest absolute Gasteiger partial charge is 0.383 e. The molecule has 1 fully saturated rings. The van der Waals surface area contributed by atoms with Crippen LogP contribution in [0.5, 0.6) is 0 Å². The van der Waals surface area contributed by atoms with Gasteiger partial charge in [0.05, 0.1) is 6.61 Å². The Morgan fingerprint density at radius 3 is 2.28 bits per heavy atom. The second-order valence-corrected chi connectivity index (χ2v) is 6.71. The third-order valence-corrected chi connectivity index (χ3v) is 4.75. The van der Waals surface area contributed by atoms with E-state index in [1.807, 2.05) is 0 Å². The number of carbonyl (C=O) groups excluding carboxylic acids is 2. The van der Waals surface area contributed by atoms with E-state index >= 15 is 0 Å². The number of urea groups is 1. The van der Waals surface area contributed by atoms with Crippen molar-refractivity contribution in [3.8, 4) is 0 Å². The van der Waals surface area contributed by atoms with Gasteiger partial charge in [-0.15, -0.1) is 0 Å². The van der Waals surface area contributed by atoms with Crippen LogP contribution in [0.2, 0.25) is 0 Å². The van der Waals surface area contributed by atoms with Crippen molar-refractivity contribution in [3.05, 3.63) is 59.9 Å². The number of ether oxygens (including phenoxy) is 1. The molecule has 2 N–H and O–H groups in total. The summed E-state index contributed by atoms with van der Waals surface area (Å²) in [6.45, 7) is 3.40. The fourth-order valence-corrected chi connectivity index (χ4v) is 3.10. The average Bonchev–Trinajstić information content (AvgIpc) is 2.75. The van der Waals surface area contributed by atoms with Gasteiger partial charge in [-0.25, -0.2) is 9.18 Å². The van der Waals surface area contributed by atoms with Crippen molar-refractivity contribution < 1.29 is 18.7 Å². The standard InChI is InChI=1S/C21H25FN4O3/c1-29-15-10-23-20(27)16-2-6-18(7-3-16)24-21(28)26-13-11-25(12-14-26)19-8-4-17(22)5-9-19/h2-9H,10-15H2,1H3,(H,23,27)(H,24,28). The number of hydrogen-bond acceptors (Lipinski definition) is 4. The molecule has 2 aromatic carbocycles. The lowest BCUT2D eigenvalue weighted by Crippen LogP contribution is -2.50. The molecule has 0 bridgehead atoms. The van der Waals surface area contributed by atoms with Gasteiger partial charge in [0.25, 0.3) is 5.91 Å². The maximum absolute atomic E-state index is 13.1. The zero-order chi connectivity index (χ0) is 20.6. The molecule has 2 aromatic rings. The van der Waals surface area contributed by atoms with Gasteiger partial charge in [-0.05, 0) is 48.5 Å². The summed E-state index contributed by atoms with van der Waals surface area (Å²) in [7, 11) is 1.58. The Balaban J connectivity index is 1.48. The first kappa shape index (κ1) is 20.6. The number of nitrogens with zero attached hydrogens (tertiary/aromatic N) is 2. The van der Waals surface area contributed by atoms with E-state index in [4.69, 9.17) is 4.74 Å². The Labute approximate surface area is 169 Å². The molecule has 3 amide bonds. The Morgan fingerprint density at radius 1 is 1.00 bits per heavy atom. The summed E-state index contributed by atoms with van der Waals surface area (Å²) in [6, 6.07) is 13.0. The first-order valence-corrected chi connectivity index (χ1v) is 9.50. The first-order chi connectivity index (χ1) is 14.1. The lowest BCUT2D eigenvalue weighted by molar-refractivity contribution is 0.0937. The highest BCUT2D eigenvalue weighted by molar-refractivity contribution is 5.95. The Kier molecular flexibility index (Phi) is 7.02. The maximum Gasteiger partial charge on any atom is 0.321 e. The molecule has 0 spiro atoms. The molecule has 29 heavy (non-hydrogen) atoms. The maximum atomic E-state index is 13.1. The van der Waals surface area contributed by atoms with E-state index in [2.05, 4.69) is 15.5 Å². The molecule has 0 unspecified atom stereocenters. The van der Waals surface area contributed by atoms with E-state index in [1.165, 1.54) is 12.1 Å². The van der Waals surface area contributed by atoms with Crippen LogP contribution in [0.1, 0.15) is 10.4 Å². The number of methoxy groups -OCH3 is 1. The molecule has 0 saturated carbocycles. The summed E-state index contributed by atoms with van der Waals surface area (Å²) < 4.78 is 18.0. The molecule has 3 rings (SSSR count). The van der Waals surface area contributed by atoms with E-state index in [-0.39, 0.29) is 17.8 Å². The highest BCUT2D eigenvalue weighted by Crippen LogP contribution is 2.18. The van der Waals surface area contributed by atoms with E-state index in [1.54, 1.807) is 48.4 Å². The fraction of sp³-hybridized carbons (Fsp3) is 0.333. The quantitative estimate of drug-likeness (QED) is 0.731. The molecule has 0 radical (unpaired) electrons. The average molecular weight is 400 g/mol. The summed E-state index contributed by atoms with van der Waals surface area (Å²) in [5.74, 6) is -0.443. The van der Waals surface area contributed by atoms with E-state index in [9.17, 15) is 14.0 Å². The first-order valence-electron chi connectivity index (χ1n) is 9.50. The topological polar surface area (TPSA) is 73.9 Å². The monoisotopic (exact) mass is 400 g/mol. The van der Waals surface area contributed by atoms with Crippen LogP contribution in [-0.2, 0) is 4.74 Å². The summed E-state index contributed by atoms with van der Waals surface area (Å²) in [5.41, 5.74) is 2.10. The molecular formula is C21H25FN4O3. The molecule has 0 aliphatic carbocycles. The van der Waals surface area contributed by atoms with Gasteiger partial charge in [-0.3, -0.25) is 4.79 Å². The number of anilines is 2. The van der Waals surface area contributed by atoms with Crippen molar-refractivity contribution in [3.63, 3.8) is 0 Å². The van der Waals surface area contributed by atoms with Crippen LogP contribution >= 0.6 is 0 Å². The molecule has 0 atom stereocenters. The van der Waals surface area contributed by atoms with Gasteiger partial charge >= 0.3 is 6.03 Å². The van der Waals surface area contributed by atoms with Crippen molar-refractivity contribution >= 4 is 23.3 Å². The third kappa shape index (κ3) is 5.68. The lowest BCUT2D eigenvalue weighted by Gasteiger charge is -2.36. The molecule has 0 aromatic heterocycles. The predicted molar refractivity (Wildman–Crippen MR) is 110 cm³/mol. The van der Waals surface area contributed by atoms with E-state index in [0.29, 0.717) is 50.6 Å². The Hall–Kier alpha value is -3.13. The van der Waals surface area contributed by atoms with Crippen molar-refractivity contribution in [2.45, 2.75) is 0 Å². The fourth-order valence-electron chi connectivity index (χ4n) is 3.10. The molecule has 1 aliphatic rings. The molecule has 1 saturated heterocycles. The Bertz CT molecular complexity index is 819. The minimum absolute atomic E-state index is 0.180. The zero-order valence-corrected chi connectivity index (χ0v) is 16.4. The smallest absolute Gasteiger partial charge is 0.321 e. The zero-order valence-electron chi connectivity index (χ0n) is 16.4. The van der Waals surface area contributed by atoms with Gasteiger partial charge < -0.3 is 25.2 Å². The van der Waals surface area contributed by atoms with Crippen LogP contribution in [0, 0.1) is 5.82 Å². The highest BCUT2D eigenvalue weighted by Gasteiger charge is 2.21. The number of nitrogens with one attached hydrogen (secondary N) is 2. The second-order valence-electron chi connectivity index (χ2n) is 6.71.